The molecule has 184 valence electrons. The zero-order valence-electron chi connectivity index (χ0n) is 19.6. The molecule has 0 saturated heterocycles. The van der Waals surface area contributed by atoms with Gasteiger partial charge >= 0.3 is 12.1 Å². The molecule has 0 fully saturated rings. The van der Waals surface area contributed by atoms with Crippen molar-refractivity contribution < 1.29 is 32.5 Å². The molecule has 1 unspecified atom stereocenters. The maximum atomic E-state index is 12.9. The summed E-state index contributed by atoms with van der Waals surface area (Å²) in [7, 11) is 1.88. The summed E-state index contributed by atoms with van der Waals surface area (Å²) in [6, 6.07) is 10.3. The predicted octanol–water partition coefficient (Wildman–Crippen LogP) is 5.35. The van der Waals surface area contributed by atoms with Gasteiger partial charge in [-0.05, 0) is 60.7 Å². The molecule has 6 nitrogen and oxygen atoms in total. The Morgan fingerprint density at radius 3 is 2.38 bits per heavy atom. The number of nitrogens with zero attached hydrogens (tertiary/aromatic N) is 1. The van der Waals surface area contributed by atoms with Crippen molar-refractivity contribution in [2.45, 2.75) is 39.5 Å². The second kappa shape index (κ2) is 10.3. The van der Waals surface area contributed by atoms with Gasteiger partial charge in [-0.25, -0.2) is 4.79 Å². The van der Waals surface area contributed by atoms with Crippen LogP contribution in [-0.2, 0) is 11.0 Å². The number of aryl methyl sites for hydroxylation is 1. The van der Waals surface area contributed by atoms with Gasteiger partial charge in [0.1, 0.15) is 24.3 Å². The molecule has 0 radical (unpaired) electrons. The first-order valence-corrected chi connectivity index (χ1v) is 10.9. The quantitative estimate of drug-likeness (QED) is 0.507. The van der Waals surface area contributed by atoms with E-state index in [0.29, 0.717) is 17.4 Å². The number of halogens is 3. The molecule has 2 aromatic carbocycles. The van der Waals surface area contributed by atoms with Crippen LogP contribution < -0.4 is 14.8 Å². The van der Waals surface area contributed by atoms with Crippen LogP contribution in [0.2, 0.25) is 0 Å². The Hall–Kier alpha value is -3.36. The molecule has 1 aliphatic rings. The van der Waals surface area contributed by atoms with Gasteiger partial charge in [-0.3, -0.25) is 0 Å². The summed E-state index contributed by atoms with van der Waals surface area (Å²) < 4.78 is 50.1. The smallest absolute Gasteiger partial charge is 0.416 e. The van der Waals surface area contributed by atoms with Crippen LogP contribution in [0.3, 0.4) is 0 Å². The molecule has 9 heteroatoms. The predicted molar refractivity (Wildman–Crippen MR) is 121 cm³/mol. The molecule has 0 spiro atoms. The standard InChI is InChI=1S/C25H29F3N2O4/c1-15(2)11-20-21(13-33-19-9-10-22(16(3)12-19)34-14-23(31)32)30(4)24(29-20)17-5-7-18(8-6-17)25(26,27)28/h5-10,12,15,24,29H,11,13-14H2,1-4H3,(H,31,32). The van der Waals surface area contributed by atoms with Gasteiger partial charge in [0, 0.05) is 12.7 Å². The van der Waals surface area contributed by atoms with E-state index < -0.39 is 24.3 Å². The van der Waals surface area contributed by atoms with Crippen molar-refractivity contribution in [3.8, 4) is 11.5 Å². The second-order valence-corrected chi connectivity index (χ2v) is 8.70. The van der Waals surface area contributed by atoms with E-state index in [-0.39, 0.29) is 12.8 Å². The number of carboxylic acid groups (broad SMARTS) is 1. The molecule has 2 N–H and O–H groups in total. The zero-order chi connectivity index (χ0) is 25.0. The van der Waals surface area contributed by atoms with Gasteiger partial charge < -0.3 is 24.8 Å². The topological polar surface area (TPSA) is 71.0 Å². The Morgan fingerprint density at radius 2 is 1.82 bits per heavy atom. The molecule has 1 atom stereocenters. The Bertz CT molecular complexity index is 1050. The molecule has 0 amide bonds. The minimum atomic E-state index is -4.38. The van der Waals surface area contributed by atoms with E-state index >= 15 is 0 Å². The van der Waals surface area contributed by atoms with Crippen molar-refractivity contribution >= 4 is 5.97 Å². The van der Waals surface area contributed by atoms with Gasteiger partial charge in [0.15, 0.2) is 6.61 Å². The van der Waals surface area contributed by atoms with Crippen LogP contribution in [0, 0.1) is 12.8 Å². The molecule has 1 aliphatic heterocycles. The Balaban J connectivity index is 1.74. The number of carbonyl (C=O) groups is 1. The van der Waals surface area contributed by atoms with Crippen LogP contribution in [-0.4, -0.2) is 36.2 Å². The maximum Gasteiger partial charge on any atom is 0.416 e. The van der Waals surface area contributed by atoms with E-state index in [1.54, 1.807) is 25.1 Å². The summed E-state index contributed by atoms with van der Waals surface area (Å²) >= 11 is 0. The molecule has 34 heavy (non-hydrogen) atoms. The maximum absolute atomic E-state index is 12.9. The Labute approximate surface area is 197 Å². The highest BCUT2D eigenvalue weighted by atomic mass is 19.4. The number of likely N-dealkylation sites (N-methyl/N-ethyl adjacent to an activating group) is 1. The first kappa shape index (κ1) is 25.3. The summed E-state index contributed by atoms with van der Waals surface area (Å²) in [5.41, 5.74) is 2.70. The molecule has 0 aliphatic carbocycles. The monoisotopic (exact) mass is 478 g/mol. The van der Waals surface area contributed by atoms with Crippen LogP contribution in [0.5, 0.6) is 11.5 Å². The van der Waals surface area contributed by atoms with Crippen molar-refractivity contribution in [3.05, 3.63) is 70.5 Å². The highest BCUT2D eigenvalue weighted by molar-refractivity contribution is 5.68. The molecule has 0 aromatic heterocycles. The van der Waals surface area contributed by atoms with Gasteiger partial charge in [0.2, 0.25) is 0 Å². The second-order valence-electron chi connectivity index (χ2n) is 8.70. The summed E-state index contributed by atoms with van der Waals surface area (Å²) in [6.45, 7) is 5.83. The molecule has 3 rings (SSSR count). The van der Waals surface area contributed by atoms with Gasteiger partial charge in [-0.2, -0.15) is 13.2 Å². The Kier molecular flexibility index (Phi) is 7.64. The number of ether oxygens (including phenoxy) is 2. The number of allylic oxidation sites excluding steroid dienone is 1. The number of benzene rings is 2. The van der Waals surface area contributed by atoms with Crippen LogP contribution in [0.4, 0.5) is 13.2 Å². The molecular weight excluding hydrogens is 449 g/mol. The lowest BCUT2D eigenvalue weighted by atomic mass is 10.1. The fourth-order valence-corrected chi connectivity index (χ4v) is 3.81. The fraction of sp³-hybridized carbons (Fsp3) is 0.400. The SMILES string of the molecule is Cc1cc(OCC2=C(CC(C)C)NC(c3ccc(C(F)(F)F)cc3)N2C)ccc1OCC(=O)O. The molecule has 0 saturated carbocycles. The van der Waals surface area contributed by atoms with Crippen LogP contribution in [0.1, 0.15) is 43.1 Å². The lowest BCUT2D eigenvalue weighted by molar-refractivity contribution is -0.139. The lowest BCUT2D eigenvalue weighted by Gasteiger charge is -2.25. The normalized spacial score (nSPS) is 16.1. The number of hydrogen-bond acceptors (Lipinski definition) is 5. The number of rotatable bonds is 9. The summed E-state index contributed by atoms with van der Waals surface area (Å²) in [6.07, 6.45) is -3.91. The average Bonchev–Trinajstić information content (AvgIpc) is 3.05. The van der Waals surface area contributed by atoms with E-state index in [1.807, 2.05) is 11.9 Å². The van der Waals surface area contributed by atoms with Crippen LogP contribution in [0.25, 0.3) is 0 Å². The number of hydrogen-bond donors (Lipinski definition) is 2. The third-order valence-electron chi connectivity index (χ3n) is 5.51. The number of carboxylic acids is 1. The van der Waals surface area contributed by atoms with E-state index in [4.69, 9.17) is 14.6 Å². The number of alkyl halides is 3. The third kappa shape index (κ3) is 6.15. The average molecular weight is 479 g/mol. The number of nitrogens with one attached hydrogen (secondary N) is 1. The first-order chi connectivity index (χ1) is 16.0. The van der Waals surface area contributed by atoms with Gasteiger partial charge in [0.05, 0.1) is 11.3 Å². The summed E-state index contributed by atoms with van der Waals surface area (Å²) in [4.78, 5) is 12.7. The molecule has 2 aromatic rings. The molecular formula is C25H29F3N2O4. The van der Waals surface area contributed by atoms with E-state index in [2.05, 4.69) is 19.2 Å². The van der Waals surface area contributed by atoms with Crippen molar-refractivity contribution in [2.24, 2.45) is 5.92 Å². The van der Waals surface area contributed by atoms with Crippen molar-refractivity contribution in [1.29, 1.82) is 0 Å². The largest absolute Gasteiger partial charge is 0.487 e. The van der Waals surface area contributed by atoms with Gasteiger partial charge in [-0.1, -0.05) is 26.0 Å². The lowest BCUT2D eigenvalue weighted by Crippen LogP contribution is -2.27. The summed E-state index contributed by atoms with van der Waals surface area (Å²) in [5.74, 6) is 0.383. The molecule has 1 heterocycles. The fourth-order valence-electron chi connectivity index (χ4n) is 3.81. The minimum Gasteiger partial charge on any atom is -0.487 e. The number of aliphatic carboxylic acids is 1. The highest BCUT2D eigenvalue weighted by Gasteiger charge is 2.33. The van der Waals surface area contributed by atoms with Gasteiger partial charge in [-0.15, -0.1) is 0 Å². The van der Waals surface area contributed by atoms with Crippen molar-refractivity contribution in [2.75, 3.05) is 20.3 Å². The third-order valence-corrected chi connectivity index (χ3v) is 5.51. The van der Waals surface area contributed by atoms with Crippen LogP contribution >= 0.6 is 0 Å². The summed E-state index contributed by atoms with van der Waals surface area (Å²) in [5, 5.41) is 12.2. The minimum absolute atomic E-state index is 0.261. The van der Waals surface area contributed by atoms with E-state index in [0.717, 1.165) is 41.1 Å². The zero-order valence-corrected chi connectivity index (χ0v) is 19.6. The van der Waals surface area contributed by atoms with E-state index in [9.17, 15) is 18.0 Å². The van der Waals surface area contributed by atoms with E-state index in [1.165, 1.54) is 12.1 Å². The highest BCUT2D eigenvalue weighted by Crippen LogP contribution is 2.35. The first-order valence-electron chi connectivity index (χ1n) is 10.9. The van der Waals surface area contributed by atoms with Crippen molar-refractivity contribution in [1.82, 2.24) is 10.2 Å². The van der Waals surface area contributed by atoms with Crippen molar-refractivity contribution in [3.63, 3.8) is 0 Å². The van der Waals surface area contributed by atoms with Crippen LogP contribution in [0.15, 0.2) is 53.9 Å². The van der Waals surface area contributed by atoms with Gasteiger partial charge in [0.25, 0.3) is 0 Å². The molecule has 0 bridgehead atoms. The Morgan fingerprint density at radius 1 is 1.15 bits per heavy atom.